The van der Waals surface area contributed by atoms with E-state index in [-0.39, 0.29) is 81.0 Å². The molecule has 10 aromatic rings. The molecular weight excluding hydrogens is 1610 g/mol. The Labute approximate surface area is 651 Å². The van der Waals surface area contributed by atoms with Gasteiger partial charge in [0.15, 0.2) is 42.6 Å². The van der Waals surface area contributed by atoms with Crippen LogP contribution in [0.5, 0.6) is 0 Å². The largest absolute Gasteiger partial charge is 0.435 e. The standard InChI is InChI=1S/2C39H33ClF7N5O4S/c2*1-37(2,54)10-9-23-5-6-25(26-7-8-29(40)32-30(18-57(4,55)56)49-51(3)34(26)32)33(48-23)20(11-19-12-21(41)15-22(42)13-19)14-24(53)17-52-36-31(35(50-52)39(45,46)47)27-16-28(27)38(36,43)44/h2*5-8,12-13,15,20,27-28,54H,11,14,16-18H2,1-4H3/t2*20-,27+,28-/m11/s1. The molecule has 2 fully saturated rings. The first-order valence-electron chi connectivity index (χ1n) is 35.0. The van der Waals surface area contributed by atoms with Crippen molar-refractivity contribution in [2.45, 2.75) is 150 Å². The highest BCUT2D eigenvalue weighted by atomic mass is 35.5. The van der Waals surface area contributed by atoms with Crippen LogP contribution in [-0.2, 0) is 105 Å². The maximum absolute atomic E-state index is 15.4. The van der Waals surface area contributed by atoms with E-state index < -0.39 is 197 Å². The minimum atomic E-state index is -5.06. The second-order valence-electron chi connectivity index (χ2n) is 30.3. The molecule has 0 spiro atoms. The highest BCUT2D eigenvalue weighted by Gasteiger charge is 2.69. The van der Waals surface area contributed by atoms with E-state index in [9.17, 15) is 80.5 Å². The van der Waals surface area contributed by atoms with Crippen LogP contribution in [0.1, 0.15) is 156 Å². The van der Waals surface area contributed by atoms with Gasteiger partial charge in [-0.05, 0) is 149 Å². The van der Waals surface area contributed by atoms with Crippen molar-refractivity contribution in [3.63, 3.8) is 0 Å². The number of benzene rings is 4. The number of aliphatic hydroxyl groups is 2. The summed E-state index contributed by atoms with van der Waals surface area (Å²) < 4.78 is 257. The van der Waals surface area contributed by atoms with Crippen molar-refractivity contribution in [2.24, 2.45) is 25.9 Å². The Kier molecular flexibility index (Phi) is 21.2. The van der Waals surface area contributed by atoms with Gasteiger partial charge in [-0.3, -0.25) is 28.3 Å². The molecule has 2 saturated carbocycles. The quantitative estimate of drug-likeness (QED) is 0.0533. The predicted molar refractivity (Wildman–Crippen MR) is 390 cm³/mol. The summed E-state index contributed by atoms with van der Waals surface area (Å²) in [6.45, 7) is 3.77. The molecule has 2 N–H and O–H groups in total. The molecule has 0 saturated heterocycles. The van der Waals surface area contributed by atoms with Crippen LogP contribution in [0.3, 0.4) is 0 Å². The predicted octanol–water partition coefficient (Wildman–Crippen LogP) is 15.3. The molecule has 18 nitrogen and oxygen atoms in total. The Bertz CT molecular complexity index is 5640. The zero-order valence-corrected chi connectivity index (χ0v) is 64.4. The van der Waals surface area contributed by atoms with Crippen LogP contribution in [0.2, 0.25) is 10.0 Å². The lowest BCUT2D eigenvalue weighted by Crippen LogP contribution is -2.24. The molecule has 0 radical (unpaired) electrons. The topological polar surface area (TPSA) is 240 Å². The summed E-state index contributed by atoms with van der Waals surface area (Å²) >= 11 is 13.2. The highest BCUT2D eigenvalue weighted by Crippen LogP contribution is 2.70. The van der Waals surface area contributed by atoms with Crippen LogP contribution in [-0.4, -0.2) is 111 Å². The van der Waals surface area contributed by atoms with Gasteiger partial charge in [0.2, 0.25) is 0 Å². The Morgan fingerprint density at radius 2 is 0.868 bits per heavy atom. The highest BCUT2D eigenvalue weighted by molar-refractivity contribution is 7.90. The maximum atomic E-state index is 15.4. The van der Waals surface area contributed by atoms with E-state index in [0.29, 0.717) is 65.6 Å². The van der Waals surface area contributed by atoms with Gasteiger partial charge < -0.3 is 10.2 Å². The Morgan fingerprint density at radius 1 is 0.535 bits per heavy atom. The minimum Gasteiger partial charge on any atom is -0.378 e. The number of hydrogen-bond donors (Lipinski definition) is 2. The van der Waals surface area contributed by atoms with E-state index in [2.05, 4.69) is 44.1 Å². The van der Waals surface area contributed by atoms with Crippen molar-refractivity contribution in [2.75, 3.05) is 12.5 Å². The van der Waals surface area contributed by atoms with Crippen LogP contribution >= 0.6 is 23.2 Å². The summed E-state index contributed by atoms with van der Waals surface area (Å²) in [5.74, 6) is -9.86. The molecule has 600 valence electrons. The number of aromatic nitrogens is 10. The van der Waals surface area contributed by atoms with Crippen LogP contribution in [0.4, 0.5) is 61.5 Å². The van der Waals surface area contributed by atoms with Crippen LogP contribution in [0, 0.1) is 58.8 Å². The van der Waals surface area contributed by atoms with E-state index in [4.69, 9.17) is 33.2 Å². The Morgan fingerprint density at radius 3 is 1.18 bits per heavy atom. The molecule has 0 bridgehead atoms. The third-order valence-electron chi connectivity index (χ3n) is 19.8. The summed E-state index contributed by atoms with van der Waals surface area (Å²) in [6, 6.07) is 17.8. The summed E-state index contributed by atoms with van der Waals surface area (Å²) in [5, 5.41) is 37.3. The van der Waals surface area contributed by atoms with Crippen molar-refractivity contribution < 1.29 is 98.1 Å². The lowest BCUT2D eigenvalue weighted by molar-refractivity contribution is -0.143. The number of ketones is 2. The number of nitrogens with zero attached hydrogens (tertiary/aromatic N) is 10. The van der Waals surface area contributed by atoms with E-state index in [1.807, 2.05) is 0 Å². The number of Topliss-reactive ketones (excluding diaryl/α,β-unsaturated/α-hetero) is 2. The van der Waals surface area contributed by atoms with Crippen LogP contribution < -0.4 is 0 Å². The van der Waals surface area contributed by atoms with Gasteiger partial charge in [-0.25, -0.2) is 44.4 Å². The number of hydrogen-bond acceptors (Lipinski definition) is 14. The Balaban J connectivity index is 0.000000199. The average molecular weight is 1670 g/mol. The lowest BCUT2D eigenvalue weighted by atomic mass is 9.86. The zero-order chi connectivity index (χ0) is 83.1. The average Bonchev–Trinajstić information content (AvgIpc) is 1.52. The fourth-order valence-electron chi connectivity index (χ4n) is 15.4. The molecule has 0 amide bonds. The van der Waals surface area contributed by atoms with Gasteiger partial charge in [0.1, 0.15) is 70.3 Å². The van der Waals surface area contributed by atoms with Crippen molar-refractivity contribution in [3.05, 3.63) is 197 Å². The number of carbonyl (C=O) groups excluding carboxylic acids is 2. The molecule has 6 atom stereocenters. The van der Waals surface area contributed by atoms with Gasteiger partial charge in [-0.2, -0.15) is 64.3 Å². The fourth-order valence-corrected chi connectivity index (χ4v) is 17.3. The number of halogens is 16. The first-order valence-corrected chi connectivity index (χ1v) is 39.9. The van der Waals surface area contributed by atoms with Crippen molar-refractivity contribution in [1.29, 1.82) is 0 Å². The molecule has 0 unspecified atom stereocenters. The van der Waals surface area contributed by atoms with E-state index in [1.54, 1.807) is 38.4 Å². The summed E-state index contributed by atoms with van der Waals surface area (Å²) in [6.07, 6.45) is -10.1. The number of alkyl halides is 10. The van der Waals surface area contributed by atoms with Gasteiger partial charge in [-0.1, -0.05) is 47.2 Å². The Hall–Kier alpha value is -9.58. The lowest BCUT2D eigenvalue weighted by Gasteiger charge is -2.22. The number of fused-ring (bicyclic) bond motifs is 8. The molecule has 14 rings (SSSR count). The molecule has 4 aliphatic rings. The fraction of sp³-hybridized carbons (Fsp3) is 0.385. The summed E-state index contributed by atoms with van der Waals surface area (Å²) in [4.78, 5) is 37.5. The monoisotopic (exact) mass is 1670 g/mol. The van der Waals surface area contributed by atoms with E-state index in [0.717, 1.165) is 36.8 Å². The van der Waals surface area contributed by atoms with Gasteiger partial charge in [0.25, 0.3) is 11.8 Å². The minimum absolute atomic E-state index is 0.0641. The molecule has 6 aromatic heterocycles. The van der Waals surface area contributed by atoms with Crippen molar-refractivity contribution >= 4 is 76.2 Å². The van der Waals surface area contributed by atoms with Gasteiger partial charge in [0.05, 0.1) is 55.4 Å². The number of rotatable bonds is 20. The van der Waals surface area contributed by atoms with Crippen molar-refractivity contribution in [1.82, 2.24) is 49.1 Å². The van der Waals surface area contributed by atoms with Crippen LogP contribution in [0.15, 0.2) is 84.9 Å². The van der Waals surface area contributed by atoms with Crippen LogP contribution in [0.25, 0.3) is 44.1 Å². The van der Waals surface area contributed by atoms with Gasteiger partial charge in [0, 0.05) is 119 Å². The molecule has 6 heterocycles. The molecule has 4 aromatic carbocycles. The third kappa shape index (κ3) is 17.1. The number of aryl methyl sites for hydroxylation is 2. The second kappa shape index (κ2) is 29.3. The molecule has 4 aliphatic carbocycles. The molecule has 36 heteroatoms. The first-order chi connectivity index (χ1) is 52.8. The van der Waals surface area contributed by atoms with Crippen molar-refractivity contribution in [3.8, 4) is 45.9 Å². The third-order valence-corrected chi connectivity index (χ3v) is 22.0. The molecular formula is C78H66Cl2F14N10O8S2. The van der Waals surface area contributed by atoms with Gasteiger partial charge in [-0.15, -0.1) is 0 Å². The molecule has 114 heavy (non-hydrogen) atoms. The van der Waals surface area contributed by atoms with Gasteiger partial charge >= 0.3 is 12.4 Å². The SMILES string of the molecule is Cn1nc(CS(C)(=O)=O)c2c(Cl)ccc(-c3ccc(C#CC(C)(C)O)nc3[C@@H](CC(=O)Cn3nc(C(F)(F)F)c4c3C(F)(F)[C@@H]3C[C@H]43)Cc3cc(F)cc(F)c3)c21.Cn1nc(CS(C)(=O)=O)c2c(Cl)ccc(-c3ccc(C#CC(C)(C)O)nc3[C@@H](CC(=O)Cn3nc(C(F)(F)F)c4c3C(F)(F)[C@@H]3C[C@H]43)Cc3cc(F)cc(F)c3)c21. The molecule has 0 aliphatic heterocycles. The summed E-state index contributed by atoms with van der Waals surface area (Å²) in [7, 11) is -4.08. The zero-order valence-electron chi connectivity index (χ0n) is 61.3. The summed E-state index contributed by atoms with van der Waals surface area (Å²) in [5.41, 5.74) is -6.15. The number of carbonyl (C=O) groups is 2. The second-order valence-corrected chi connectivity index (χ2v) is 35.4. The van der Waals surface area contributed by atoms with E-state index >= 15 is 17.6 Å². The maximum Gasteiger partial charge on any atom is 0.435 e. The normalized spacial score (nSPS) is 17.9. The van der Waals surface area contributed by atoms with E-state index in [1.165, 1.54) is 61.3 Å². The first kappa shape index (κ1) is 82.4. The number of sulfone groups is 2. The number of pyridine rings is 2. The smallest absolute Gasteiger partial charge is 0.378 e.